The first-order valence-corrected chi connectivity index (χ1v) is 7.06. The molecule has 0 saturated carbocycles. The van der Waals surface area contributed by atoms with Gasteiger partial charge in [-0.3, -0.25) is 0 Å². The molecular weight excluding hydrogens is 236 g/mol. The Balaban J connectivity index is 2.44. The Kier molecular flexibility index (Phi) is 6.89. The summed E-state index contributed by atoms with van der Waals surface area (Å²) in [4.78, 5) is 2.35. The monoisotopic (exact) mass is 264 g/mol. The number of nitrogens with zero attached hydrogens (tertiary/aromatic N) is 1. The quantitative estimate of drug-likeness (QED) is 0.781. The summed E-state index contributed by atoms with van der Waals surface area (Å²) in [5.74, 6) is 1.62. The zero-order valence-corrected chi connectivity index (χ0v) is 12.9. The van der Waals surface area contributed by atoms with Gasteiger partial charge in [-0.15, -0.1) is 0 Å². The highest BCUT2D eigenvalue weighted by Gasteiger charge is 2.09. The Bertz CT molecular complexity index is 366. The first-order valence-electron chi connectivity index (χ1n) is 7.06. The van der Waals surface area contributed by atoms with E-state index in [1.807, 2.05) is 12.1 Å². The Hall–Kier alpha value is -1.06. The van der Waals surface area contributed by atoms with E-state index < -0.39 is 0 Å². The van der Waals surface area contributed by atoms with Crippen LogP contribution in [0.3, 0.4) is 0 Å². The zero-order valence-electron chi connectivity index (χ0n) is 12.9. The van der Waals surface area contributed by atoms with Gasteiger partial charge in [-0.25, -0.2) is 0 Å². The Morgan fingerprint density at radius 3 is 2.53 bits per heavy atom. The van der Waals surface area contributed by atoms with E-state index in [2.05, 4.69) is 50.2 Å². The summed E-state index contributed by atoms with van der Waals surface area (Å²) >= 11 is 0. The lowest BCUT2D eigenvalue weighted by Crippen LogP contribution is -2.33. The topological polar surface area (TPSA) is 24.5 Å². The molecule has 0 aromatic heterocycles. The molecule has 0 saturated heterocycles. The third-order valence-electron chi connectivity index (χ3n) is 3.13. The summed E-state index contributed by atoms with van der Waals surface area (Å²) < 4.78 is 5.39. The fraction of sp³-hybridized carbons (Fsp3) is 0.625. The average molecular weight is 264 g/mol. The first kappa shape index (κ1) is 16.0. The molecule has 0 aliphatic carbocycles. The van der Waals surface area contributed by atoms with Crippen molar-refractivity contribution in [1.29, 1.82) is 0 Å². The molecule has 3 nitrogen and oxygen atoms in total. The van der Waals surface area contributed by atoms with E-state index in [9.17, 15) is 0 Å². The van der Waals surface area contributed by atoms with Crippen LogP contribution in [-0.2, 0) is 6.54 Å². The van der Waals surface area contributed by atoms with Gasteiger partial charge in [0.15, 0.2) is 0 Å². The lowest BCUT2D eigenvalue weighted by atomic mass is 10.1. The van der Waals surface area contributed by atoms with Crippen LogP contribution in [0.25, 0.3) is 0 Å². The molecule has 0 bridgehead atoms. The molecule has 1 unspecified atom stereocenters. The molecule has 0 radical (unpaired) electrons. The fourth-order valence-electron chi connectivity index (χ4n) is 2.22. The third kappa shape index (κ3) is 6.08. The maximum atomic E-state index is 5.39. The summed E-state index contributed by atoms with van der Waals surface area (Å²) in [6.45, 7) is 9.73. The predicted octanol–water partition coefficient (Wildman–Crippen LogP) is 2.76. The van der Waals surface area contributed by atoms with Gasteiger partial charge in [-0.05, 0) is 25.6 Å². The van der Waals surface area contributed by atoms with Gasteiger partial charge in [0.05, 0.1) is 7.11 Å². The van der Waals surface area contributed by atoms with Crippen molar-refractivity contribution >= 4 is 0 Å². The fourth-order valence-corrected chi connectivity index (χ4v) is 2.22. The summed E-state index contributed by atoms with van der Waals surface area (Å²) in [7, 11) is 3.90. The second-order valence-corrected chi connectivity index (χ2v) is 5.68. The van der Waals surface area contributed by atoms with E-state index in [1.54, 1.807) is 7.11 Å². The molecule has 1 aromatic rings. The molecule has 0 spiro atoms. The van der Waals surface area contributed by atoms with E-state index in [0.717, 1.165) is 25.4 Å². The number of benzene rings is 1. The van der Waals surface area contributed by atoms with Crippen molar-refractivity contribution in [2.75, 3.05) is 27.2 Å². The molecule has 1 rings (SSSR count). The van der Waals surface area contributed by atoms with E-state index in [-0.39, 0.29) is 0 Å². The van der Waals surface area contributed by atoms with E-state index in [4.69, 9.17) is 4.74 Å². The van der Waals surface area contributed by atoms with Gasteiger partial charge < -0.3 is 15.0 Å². The molecule has 1 aromatic carbocycles. The minimum absolute atomic E-state index is 0.557. The van der Waals surface area contributed by atoms with Crippen molar-refractivity contribution in [3.63, 3.8) is 0 Å². The number of rotatable bonds is 8. The Labute approximate surface area is 118 Å². The summed E-state index contributed by atoms with van der Waals surface area (Å²) in [5.41, 5.74) is 1.25. The molecule has 108 valence electrons. The van der Waals surface area contributed by atoms with Crippen LogP contribution in [0, 0.1) is 5.92 Å². The van der Waals surface area contributed by atoms with E-state index >= 15 is 0 Å². The highest BCUT2D eigenvalue weighted by atomic mass is 16.5. The number of para-hydroxylation sites is 1. The summed E-state index contributed by atoms with van der Waals surface area (Å²) in [6, 6.07) is 8.79. The molecule has 1 atom stereocenters. The van der Waals surface area contributed by atoms with Crippen molar-refractivity contribution in [2.24, 2.45) is 5.92 Å². The van der Waals surface area contributed by atoms with Crippen LogP contribution in [0.2, 0.25) is 0 Å². The zero-order chi connectivity index (χ0) is 14.3. The van der Waals surface area contributed by atoms with Crippen LogP contribution in [0.1, 0.15) is 26.3 Å². The summed E-state index contributed by atoms with van der Waals surface area (Å²) in [5, 5.41) is 3.49. The van der Waals surface area contributed by atoms with Gasteiger partial charge in [-0.2, -0.15) is 0 Å². The minimum atomic E-state index is 0.557. The number of ether oxygens (including phenoxy) is 1. The average Bonchev–Trinajstić information content (AvgIpc) is 2.37. The Morgan fingerprint density at radius 2 is 1.89 bits per heavy atom. The van der Waals surface area contributed by atoms with E-state index in [1.165, 1.54) is 5.56 Å². The van der Waals surface area contributed by atoms with Gasteiger partial charge >= 0.3 is 0 Å². The second-order valence-electron chi connectivity index (χ2n) is 5.68. The van der Waals surface area contributed by atoms with Crippen molar-refractivity contribution in [3.8, 4) is 5.75 Å². The molecule has 19 heavy (non-hydrogen) atoms. The maximum absolute atomic E-state index is 5.39. The largest absolute Gasteiger partial charge is 0.496 e. The first-order chi connectivity index (χ1) is 9.02. The third-order valence-corrected chi connectivity index (χ3v) is 3.13. The van der Waals surface area contributed by atoms with Gasteiger partial charge in [-0.1, -0.05) is 39.0 Å². The van der Waals surface area contributed by atoms with Crippen LogP contribution >= 0.6 is 0 Å². The predicted molar refractivity (Wildman–Crippen MR) is 81.6 cm³/mol. The van der Waals surface area contributed by atoms with Crippen LogP contribution < -0.4 is 10.1 Å². The molecule has 0 amide bonds. The van der Waals surface area contributed by atoms with Crippen molar-refractivity contribution in [2.45, 2.75) is 33.4 Å². The van der Waals surface area contributed by atoms with Crippen LogP contribution in [-0.4, -0.2) is 38.2 Å². The minimum Gasteiger partial charge on any atom is -0.496 e. The molecule has 0 aliphatic heterocycles. The van der Waals surface area contributed by atoms with Gasteiger partial charge in [0.2, 0.25) is 0 Å². The maximum Gasteiger partial charge on any atom is 0.123 e. The molecule has 1 N–H and O–H groups in total. The molecule has 0 heterocycles. The lowest BCUT2D eigenvalue weighted by molar-refractivity contribution is 0.267. The smallest absolute Gasteiger partial charge is 0.123 e. The Morgan fingerprint density at radius 1 is 1.21 bits per heavy atom. The van der Waals surface area contributed by atoms with Crippen LogP contribution in [0.15, 0.2) is 24.3 Å². The van der Waals surface area contributed by atoms with E-state index in [0.29, 0.717) is 12.0 Å². The van der Waals surface area contributed by atoms with Crippen molar-refractivity contribution in [1.82, 2.24) is 10.2 Å². The molecule has 0 aliphatic rings. The highest BCUT2D eigenvalue weighted by molar-refractivity contribution is 5.32. The van der Waals surface area contributed by atoms with Crippen LogP contribution in [0.4, 0.5) is 0 Å². The van der Waals surface area contributed by atoms with Crippen LogP contribution in [0.5, 0.6) is 5.75 Å². The van der Waals surface area contributed by atoms with Crippen molar-refractivity contribution < 1.29 is 4.74 Å². The second kappa shape index (κ2) is 8.18. The molecule has 3 heteroatoms. The highest BCUT2D eigenvalue weighted by Crippen LogP contribution is 2.18. The van der Waals surface area contributed by atoms with Gasteiger partial charge in [0.25, 0.3) is 0 Å². The number of hydrogen-bond donors (Lipinski definition) is 1. The molecular formula is C16H28N2O. The summed E-state index contributed by atoms with van der Waals surface area (Å²) in [6.07, 6.45) is 0. The van der Waals surface area contributed by atoms with Crippen molar-refractivity contribution in [3.05, 3.63) is 29.8 Å². The SMILES string of the molecule is COc1ccccc1CN(C)CC(C)CNC(C)C. The lowest BCUT2D eigenvalue weighted by Gasteiger charge is -2.23. The number of methoxy groups -OCH3 is 1. The molecule has 0 fully saturated rings. The number of nitrogens with one attached hydrogen (secondary N) is 1. The number of hydrogen-bond acceptors (Lipinski definition) is 3. The van der Waals surface area contributed by atoms with Gasteiger partial charge in [0.1, 0.15) is 5.75 Å². The normalized spacial score (nSPS) is 13.0. The standard InChI is InChI=1S/C16H28N2O/c1-13(2)17-10-14(3)11-18(4)12-15-8-6-7-9-16(15)19-5/h6-9,13-14,17H,10-12H2,1-5H3. The van der Waals surface area contributed by atoms with Gasteiger partial charge in [0, 0.05) is 24.7 Å².